The van der Waals surface area contributed by atoms with Crippen molar-refractivity contribution in [2.75, 3.05) is 6.61 Å². The van der Waals surface area contributed by atoms with E-state index in [1.807, 2.05) is 12.2 Å². The van der Waals surface area contributed by atoms with Crippen molar-refractivity contribution in [2.24, 2.45) is 0 Å². The molecule has 1 rings (SSSR count). The standard InChI is InChI=1S/C11H20OSi/c1-4-5-8-11(13(2)3)9-6-7-10-12-11/h4-5,8,13H,1,6-7,9-10H2,2-3H3. The molecule has 1 atom stereocenters. The van der Waals surface area contributed by atoms with Gasteiger partial charge in [-0.15, -0.1) is 0 Å². The van der Waals surface area contributed by atoms with Gasteiger partial charge in [-0.05, 0) is 19.3 Å². The maximum absolute atomic E-state index is 5.96. The summed E-state index contributed by atoms with van der Waals surface area (Å²) < 4.78 is 5.96. The summed E-state index contributed by atoms with van der Waals surface area (Å²) in [4.78, 5) is 0. The molecule has 0 radical (unpaired) electrons. The van der Waals surface area contributed by atoms with Crippen LogP contribution in [0.1, 0.15) is 19.3 Å². The Bertz CT molecular complexity index is 190. The van der Waals surface area contributed by atoms with Gasteiger partial charge in [0.15, 0.2) is 0 Å². The summed E-state index contributed by atoms with van der Waals surface area (Å²) in [5.74, 6) is 0. The van der Waals surface area contributed by atoms with Crippen molar-refractivity contribution < 1.29 is 4.74 Å². The molecule has 0 aromatic carbocycles. The van der Waals surface area contributed by atoms with E-state index in [0.717, 1.165) is 6.61 Å². The highest BCUT2D eigenvalue weighted by Crippen LogP contribution is 2.29. The third kappa shape index (κ3) is 2.55. The molecule has 1 aliphatic heterocycles. The molecule has 1 nitrogen and oxygen atoms in total. The molecule has 1 aliphatic rings. The first-order chi connectivity index (χ1) is 6.21. The van der Waals surface area contributed by atoms with E-state index in [0.29, 0.717) is 0 Å². The van der Waals surface area contributed by atoms with E-state index in [1.54, 1.807) is 0 Å². The first kappa shape index (κ1) is 10.7. The molecule has 1 unspecified atom stereocenters. The minimum atomic E-state index is -0.776. The van der Waals surface area contributed by atoms with E-state index < -0.39 is 8.80 Å². The molecule has 1 fully saturated rings. The molecule has 0 aromatic rings. The Morgan fingerprint density at radius 1 is 1.38 bits per heavy atom. The Balaban J connectivity index is 2.72. The quantitative estimate of drug-likeness (QED) is 0.498. The van der Waals surface area contributed by atoms with Crippen molar-refractivity contribution in [3.8, 4) is 0 Å². The monoisotopic (exact) mass is 196 g/mol. The predicted molar refractivity (Wildman–Crippen MR) is 60.7 cm³/mol. The second-order valence-electron chi connectivity index (χ2n) is 4.01. The summed E-state index contributed by atoms with van der Waals surface area (Å²) in [7, 11) is -0.776. The number of allylic oxidation sites excluding steroid dienone is 2. The van der Waals surface area contributed by atoms with E-state index in [4.69, 9.17) is 4.74 Å². The molecule has 0 bridgehead atoms. The number of hydrogen-bond donors (Lipinski definition) is 0. The van der Waals surface area contributed by atoms with Crippen molar-refractivity contribution in [1.29, 1.82) is 0 Å². The first-order valence-corrected chi connectivity index (χ1v) is 8.04. The van der Waals surface area contributed by atoms with Crippen molar-refractivity contribution in [2.45, 2.75) is 37.6 Å². The summed E-state index contributed by atoms with van der Waals surface area (Å²) in [6.45, 7) is 9.37. The number of hydrogen-bond acceptors (Lipinski definition) is 1. The van der Waals surface area contributed by atoms with Crippen LogP contribution in [0, 0.1) is 0 Å². The van der Waals surface area contributed by atoms with Gasteiger partial charge < -0.3 is 4.74 Å². The van der Waals surface area contributed by atoms with Crippen LogP contribution in [-0.2, 0) is 4.74 Å². The largest absolute Gasteiger partial charge is 0.375 e. The van der Waals surface area contributed by atoms with Gasteiger partial charge in [-0.2, -0.15) is 0 Å². The summed E-state index contributed by atoms with van der Waals surface area (Å²) in [5.41, 5.74) is 0. The maximum atomic E-state index is 5.96. The van der Waals surface area contributed by atoms with Crippen LogP contribution in [0.15, 0.2) is 24.8 Å². The molecule has 1 heterocycles. The maximum Gasteiger partial charge on any atom is 0.0745 e. The minimum absolute atomic E-state index is 0.118. The van der Waals surface area contributed by atoms with E-state index in [9.17, 15) is 0 Å². The normalized spacial score (nSPS) is 29.8. The van der Waals surface area contributed by atoms with Crippen molar-refractivity contribution in [1.82, 2.24) is 0 Å². The highest BCUT2D eigenvalue weighted by molar-refractivity contribution is 6.59. The second kappa shape index (κ2) is 4.77. The number of rotatable bonds is 3. The van der Waals surface area contributed by atoms with Gasteiger partial charge in [-0.3, -0.25) is 0 Å². The first-order valence-electron chi connectivity index (χ1n) is 5.15. The zero-order valence-electron chi connectivity index (χ0n) is 8.75. The topological polar surface area (TPSA) is 9.23 Å². The molecule has 0 saturated carbocycles. The van der Waals surface area contributed by atoms with Crippen LogP contribution in [0.4, 0.5) is 0 Å². The van der Waals surface area contributed by atoms with Gasteiger partial charge in [-0.1, -0.05) is 37.9 Å². The van der Waals surface area contributed by atoms with Crippen LogP contribution in [-0.4, -0.2) is 20.6 Å². The predicted octanol–water partition coefficient (Wildman–Crippen LogP) is 2.69. The lowest BCUT2D eigenvalue weighted by molar-refractivity contribution is 0.0104. The van der Waals surface area contributed by atoms with E-state index in [-0.39, 0.29) is 5.22 Å². The van der Waals surface area contributed by atoms with Crippen LogP contribution in [0.25, 0.3) is 0 Å². The van der Waals surface area contributed by atoms with Gasteiger partial charge in [-0.25, -0.2) is 0 Å². The van der Waals surface area contributed by atoms with Gasteiger partial charge in [0, 0.05) is 6.61 Å². The van der Waals surface area contributed by atoms with E-state index >= 15 is 0 Å². The molecular formula is C11H20OSi. The van der Waals surface area contributed by atoms with Crippen LogP contribution in [0.5, 0.6) is 0 Å². The molecule has 0 spiro atoms. The van der Waals surface area contributed by atoms with Crippen molar-refractivity contribution in [3.63, 3.8) is 0 Å². The van der Waals surface area contributed by atoms with Crippen LogP contribution >= 0.6 is 0 Å². The SMILES string of the molecule is C=CC=CC1([SiH](C)C)CCCCO1. The Kier molecular flexibility index (Phi) is 3.94. The lowest BCUT2D eigenvalue weighted by Crippen LogP contribution is -2.45. The summed E-state index contributed by atoms with van der Waals surface area (Å²) in [6, 6.07) is 0. The van der Waals surface area contributed by atoms with Gasteiger partial charge >= 0.3 is 0 Å². The highest BCUT2D eigenvalue weighted by atomic mass is 28.3. The molecule has 0 N–H and O–H groups in total. The Morgan fingerprint density at radius 3 is 2.62 bits per heavy atom. The average Bonchev–Trinajstić information content (AvgIpc) is 2.16. The Labute approximate surface area is 83.1 Å². The summed E-state index contributed by atoms with van der Waals surface area (Å²) >= 11 is 0. The van der Waals surface area contributed by atoms with Gasteiger partial charge in [0.25, 0.3) is 0 Å². The van der Waals surface area contributed by atoms with Crippen LogP contribution < -0.4 is 0 Å². The molecule has 0 aromatic heterocycles. The van der Waals surface area contributed by atoms with Crippen molar-refractivity contribution in [3.05, 3.63) is 24.8 Å². The third-order valence-electron chi connectivity index (χ3n) is 2.82. The summed E-state index contributed by atoms with van der Waals surface area (Å²) in [5, 5.41) is 0.118. The lowest BCUT2D eigenvalue weighted by atomic mass is 10.1. The van der Waals surface area contributed by atoms with Crippen molar-refractivity contribution >= 4 is 8.80 Å². The molecule has 0 amide bonds. The Morgan fingerprint density at radius 2 is 2.15 bits per heavy atom. The lowest BCUT2D eigenvalue weighted by Gasteiger charge is -2.37. The highest BCUT2D eigenvalue weighted by Gasteiger charge is 2.34. The van der Waals surface area contributed by atoms with E-state index in [1.165, 1.54) is 19.3 Å². The van der Waals surface area contributed by atoms with Gasteiger partial charge in [0.05, 0.1) is 14.0 Å². The Hall–Kier alpha value is -0.343. The molecule has 2 heteroatoms. The smallest absolute Gasteiger partial charge is 0.0745 e. The average molecular weight is 196 g/mol. The fourth-order valence-corrected chi connectivity index (χ4v) is 3.58. The van der Waals surface area contributed by atoms with Gasteiger partial charge in [0.2, 0.25) is 0 Å². The zero-order valence-corrected chi connectivity index (χ0v) is 9.91. The third-order valence-corrected chi connectivity index (χ3v) is 5.43. The molecular weight excluding hydrogens is 176 g/mol. The fraction of sp³-hybridized carbons (Fsp3) is 0.636. The fourth-order valence-electron chi connectivity index (χ4n) is 1.85. The molecule has 0 aliphatic carbocycles. The second-order valence-corrected chi connectivity index (χ2v) is 7.30. The zero-order chi connectivity index (χ0) is 9.73. The van der Waals surface area contributed by atoms with Gasteiger partial charge in [0.1, 0.15) is 0 Å². The van der Waals surface area contributed by atoms with E-state index in [2.05, 4.69) is 25.7 Å². The number of ether oxygens (including phenoxy) is 1. The summed E-state index contributed by atoms with van der Waals surface area (Å²) in [6.07, 6.45) is 9.86. The molecule has 13 heavy (non-hydrogen) atoms. The minimum Gasteiger partial charge on any atom is -0.375 e. The molecule has 74 valence electrons. The van der Waals surface area contributed by atoms with Crippen LogP contribution in [0.2, 0.25) is 13.1 Å². The molecule has 1 saturated heterocycles. The van der Waals surface area contributed by atoms with Crippen LogP contribution in [0.3, 0.4) is 0 Å².